The minimum absolute atomic E-state index is 0.0398. The predicted molar refractivity (Wildman–Crippen MR) is 54.3 cm³/mol. The molecule has 4 heteroatoms. The number of hydrogen-bond donors (Lipinski definition) is 2. The number of nitrogens with one attached hydrogen (secondary N) is 1. The highest BCUT2D eigenvalue weighted by Gasteiger charge is 2.10. The molecule has 0 saturated heterocycles. The van der Waals surface area contributed by atoms with E-state index in [9.17, 15) is 5.11 Å². The number of aromatic amines is 1. The zero-order valence-electron chi connectivity index (χ0n) is 7.21. The second-order valence-corrected chi connectivity index (χ2v) is 3.35. The number of fused-ring (bicyclic) bond motifs is 1. The molecule has 0 amide bonds. The Balaban J connectivity index is 2.77. The zero-order chi connectivity index (χ0) is 10.1. The number of rotatable bonds is 1. The van der Waals surface area contributed by atoms with Crippen molar-refractivity contribution >= 4 is 22.5 Å². The van der Waals surface area contributed by atoms with Crippen molar-refractivity contribution in [1.29, 1.82) is 5.26 Å². The Morgan fingerprint density at radius 1 is 1.50 bits per heavy atom. The second kappa shape index (κ2) is 3.24. The Morgan fingerprint density at radius 2 is 2.29 bits per heavy atom. The van der Waals surface area contributed by atoms with E-state index in [2.05, 4.69) is 4.98 Å². The van der Waals surface area contributed by atoms with Crippen LogP contribution in [-0.2, 0) is 6.42 Å². The van der Waals surface area contributed by atoms with Gasteiger partial charge in [0.2, 0.25) is 0 Å². The van der Waals surface area contributed by atoms with Gasteiger partial charge in [0.15, 0.2) is 0 Å². The fourth-order valence-corrected chi connectivity index (χ4v) is 1.75. The number of phenolic OH excluding ortho intramolecular Hbond substituents is 1. The van der Waals surface area contributed by atoms with Crippen LogP contribution in [0.4, 0.5) is 0 Å². The zero-order valence-corrected chi connectivity index (χ0v) is 7.97. The van der Waals surface area contributed by atoms with Crippen molar-refractivity contribution in [1.82, 2.24) is 4.98 Å². The summed E-state index contributed by atoms with van der Waals surface area (Å²) in [7, 11) is 0. The molecule has 0 saturated carbocycles. The van der Waals surface area contributed by atoms with Crippen molar-refractivity contribution in [3.05, 3.63) is 28.9 Å². The Bertz CT molecular complexity index is 525. The first kappa shape index (κ1) is 8.92. The standard InChI is InChI=1S/C10H7ClN2O/c11-10-8(14)2-1-7-9(10)6(3-4-12)5-13-7/h1-2,5,13-14H,3H2. The molecule has 0 fully saturated rings. The number of H-pyrrole nitrogens is 1. The Kier molecular flexibility index (Phi) is 2.06. The quantitative estimate of drug-likeness (QED) is 0.754. The summed E-state index contributed by atoms with van der Waals surface area (Å²) < 4.78 is 0. The van der Waals surface area contributed by atoms with E-state index in [1.807, 2.05) is 6.07 Å². The molecule has 0 spiro atoms. The van der Waals surface area contributed by atoms with Crippen LogP contribution >= 0.6 is 11.6 Å². The summed E-state index contributed by atoms with van der Waals surface area (Å²) in [6.45, 7) is 0. The number of hydrogen-bond acceptors (Lipinski definition) is 2. The van der Waals surface area contributed by atoms with E-state index in [1.54, 1.807) is 12.3 Å². The van der Waals surface area contributed by atoms with Crippen LogP contribution in [0.3, 0.4) is 0 Å². The summed E-state index contributed by atoms with van der Waals surface area (Å²) in [6.07, 6.45) is 2.02. The molecule has 0 atom stereocenters. The first-order chi connectivity index (χ1) is 6.74. The third-order valence-electron chi connectivity index (χ3n) is 2.11. The fourth-order valence-electron chi connectivity index (χ4n) is 1.46. The molecule has 0 radical (unpaired) electrons. The first-order valence-corrected chi connectivity index (χ1v) is 4.46. The lowest BCUT2D eigenvalue weighted by atomic mass is 10.1. The van der Waals surface area contributed by atoms with Gasteiger partial charge in [-0.1, -0.05) is 11.6 Å². The first-order valence-electron chi connectivity index (χ1n) is 4.08. The molecular weight excluding hydrogens is 200 g/mol. The number of aromatic hydroxyl groups is 1. The van der Waals surface area contributed by atoms with Crippen molar-refractivity contribution in [2.45, 2.75) is 6.42 Å². The van der Waals surface area contributed by atoms with Gasteiger partial charge in [-0.25, -0.2) is 0 Å². The molecule has 0 unspecified atom stereocenters. The molecule has 3 nitrogen and oxygen atoms in total. The van der Waals surface area contributed by atoms with Gasteiger partial charge in [0.1, 0.15) is 5.75 Å². The van der Waals surface area contributed by atoms with Crippen LogP contribution in [0.15, 0.2) is 18.3 Å². The summed E-state index contributed by atoms with van der Waals surface area (Å²) >= 11 is 5.93. The lowest BCUT2D eigenvalue weighted by Crippen LogP contribution is -1.79. The minimum Gasteiger partial charge on any atom is -0.506 e. The molecule has 2 rings (SSSR count). The van der Waals surface area contributed by atoms with Gasteiger partial charge in [-0.05, 0) is 17.7 Å². The van der Waals surface area contributed by atoms with Gasteiger partial charge in [-0.3, -0.25) is 0 Å². The molecule has 2 aromatic rings. The van der Waals surface area contributed by atoms with Gasteiger partial charge >= 0.3 is 0 Å². The van der Waals surface area contributed by atoms with E-state index in [1.165, 1.54) is 6.07 Å². The molecule has 0 bridgehead atoms. The summed E-state index contributed by atoms with van der Waals surface area (Å²) in [4.78, 5) is 2.99. The van der Waals surface area contributed by atoms with Crippen molar-refractivity contribution in [2.75, 3.05) is 0 Å². The van der Waals surface area contributed by atoms with E-state index in [-0.39, 0.29) is 12.2 Å². The highest BCUT2D eigenvalue weighted by molar-refractivity contribution is 6.37. The largest absolute Gasteiger partial charge is 0.506 e. The van der Waals surface area contributed by atoms with Crippen LogP contribution in [0.1, 0.15) is 5.56 Å². The molecule has 70 valence electrons. The molecular formula is C10H7ClN2O. The normalized spacial score (nSPS) is 10.3. The van der Waals surface area contributed by atoms with Crippen molar-refractivity contribution in [3.63, 3.8) is 0 Å². The van der Waals surface area contributed by atoms with E-state index >= 15 is 0 Å². The molecule has 1 aromatic heterocycles. The Morgan fingerprint density at radius 3 is 3.00 bits per heavy atom. The monoisotopic (exact) mass is 206 g/mol. The number of nitriles is 1. The molecule has 14 heavy (non-hydrogen) atoms. The van der Waals surface area contributed by atoms with Crippen LogP contribution in [-0.4, -0.2) is 10.1 Å². The van der Waals surface area contributed by atoms with E-state index in [0.717, 1.165) is 16.5 Å². The average molecular weight is 207 g/mol. The van der Waals surface area contributed by atoms with Gasteiger partial charge in [0.25, 0.3) is 0 Å². The average Bonchev–Trinajstić information content (AvgIpc) is 2.57. The van der Waals surface area contributed by atoms with E-state index in [4.69, 9.17) is 16.9 Å². The van der Waals surface area contributed by atoms with Crippen molar-refractivity contribution in [2.24, 2.45) is 0 Å². The summed E-state index contributed by atoms with van der Waals surface area (Å²) in [6, 6.07) is 5.31. The maximum atomic E-state index is 9.40. The smallest absolute Gasteiger partial charge is 0.134 e. The lowest BCUT2D eigenvalue weighted by molar-refractivity contribution is 0.476. The van der Waals surface area contributed by atoms with Gasteiger partial charge in [-0.15, -0.1) is 0 Å². The highest BCUT2D eigenvalue weighted by atomic mass is 35.5. The van der Waals surface area contributed by atoms with Crippen LogP contribution < -0.4 is 0 Å². The summed E-state index contributed by atoms with van der Waals surface area (Å²) in [5.74, 6) is 0.0398. The molecule has 1 aromatic carbocycles. The molecule has 0 aliphatic rings. The number of phenols is 1. The second-order valence-electron chi connectivity index (χ2n) is 2.97. The van der Waals surface area contributed by atoms with Crippen molar-refractivity contribution < 1.29 is 5.11 Å². The molecule has 1 heterocycles. The third kappa shape index (κ3) is 1.21. The number of nitrogens with zero attached hydrogens (tertiary/aromatic N) is 1. The molecule has 0 aliphatic heterocycles. The summed E-state index contributed by atoms with van der Waals surface area (Å²) in [5, 5.41) is 19.0. The maximum Gasteiger partial charge on any atom is 0.134 e. The van der Waals surface area contributed by atoms with Crippen LogP contribution in [0.5, 0.6) is 5.75 Å². The molecule has 0 aliphatic carbocycles. The Labute approximate surface area is 85.5 Å². The molecule has 2 N–H and O–H groups in total. The van der Waals surface area contributed by atoms with Crippen molar-refractivity contribution in [3.8, 4) is 11.8 Å². The topological polar surface area (TPSA) is 59.8 Å². The van der Waals surface area contributed by atoms with Gasteiger partial charge in [0.05, 0.1) is 17.5 Å². The van der Waals surface area contributed by atoms with Crippen LogP contribution in [0, 0.1) is 11.3 Å². The summed E-state index contributed by atoms with van der Waals surface area (Å²) in [5.41, 5.74) is 1.64. The van der Waals surface area contributed by atoms with Crippen LogP contribution in [0.2, 0.25) is 5.02 Å². The van der Waals surface area contributed by atoms with Gasteiger partial charge in [0, 0.05) is 17.1 Å². The lowest BCUT2D eigenvalue weighted by Gasteiger charge is -1.99. The third-order valence-corrected chi connectivity index (χ3v) is 2.50. The maximum absolute atomic E-state index is 9.40. The SMILES string of the molecule is N#CCc1c[nH]c2ccc(O)c(Cl)c12. The van der Waals surface area contributed by atoms with Gasteiger partial charge in [-0.2, -0.15) is 5.26 Å². The number of aromatic nitrogens is 1. The van der Waals surface area contributed by atoms with E-state index in [0.29, 0.717) is 5.02 Å². The van der Waals surface area contributed by atoms with Gasteiger partial charge < -0.3 is 10.1 Å². The predicted octanol–water partition coefficient (Wildman–Crippen LogP) is 2.59. The fraction of sp³-hybridized carbons (Fsp3) is 0.100. The van der Waals surface area contributed by atoms with E-state index < -0.39 is 0 Å². The number of benzene rings is 1. The number of halogens is 1. The highest BCUT2D eigenvalue weighted by Crippen LogP contribution is 2.33. The van der Waals surface area contributed by atoms with Crippen LogP contribution in [0.25, 0.3) is 10.9 Å². The Hall–Kier alpha value is -1.66. The minimum atomic E-state index is 0.0398.